The van der Waals surface area contributed by atoms with Crippen molar-refractivity contribution in [3.63, 3.8) is 0 Å². The minimum absolute atomic E-state index is 0.108. The van der Waals surface area contributed by atoms with Crippen LogP contribution in [0.1, 0.15) is 12.8 Å². The van der Waals surface area contributed by atoms with E-state index in [9.17, 15) is 13.0 Å². The number of nitrogens with zero attached hydrogens (tertiary/aromatic N) is 4. The molecule has 0 bridgehead atoms. The molecule has 0 radical (unpaired) electrons. The maximum atomic E-state index is 11.8. The first-order chi connectivity index (χ1) is 12.4. The van der Waals surface area contributed by atoms with Crippen molar-refractivity contribution in [3.05, 3.63) is 45.8 Å². The highest BCUT2D eigenvalue weighted by Gasteiger charge is 2.19. The Labute approximate surface area is 154 Å². The molecule has 26 heavy (non-hydrogen) atoms. The van der Waals surface area contributed by atoms with Crippen molar-refractivity contribution in [2.75, 3.05) is 0 Å². The summed E-state index contributed by atoms with van der Waals surface area (Å²) in [6.45, 7) is 0. The fraction of sp³-hybridized carbons (Fsp3) is 0.125. The molecular formula is C16H14ClN5O3S. The highest BCUT2D eigenvalue weighted by Crippen LogP contribution is 2.29. The number of hydrogen-bond acceptors (Lipinski definition) is 6. The summed E-state index contributed by atoms with van der Waals surface area (Å²) in [5.41, 5.74) is 0.850. The second-order valence-electron chi connectivity index (χ2n) is 5.43. The second kappa shape index (κ2) is 7.32. The van der Waals surface area contributed by atoms with E-state index in [0.29, 0.717) is 34.0 Å². The second-order valence-corrected chi connectivity index (χ2v) is 7.25. The normalized spacial score (nSPS) is 14.2. The van der Waals surface area contributed by atoms with Crippen LogP contribution in [-0.2, 0) is 10.1 Å². The molecule has 1 aliphatic carbocycles. The zero-order valence-corrected chi connectivity index (χ0v) is 14.9. The molecule has 0 atom stereocenters. The number of benzene rings is 2. The summed E-state index contributed by atoms with van der Waals surface area (Å²) >= 11 is 5.91. The van der Waals surface area contributed by atoms with Gasteiger partial charge in [0.1, 0.15) is 16.3 Å². The molecule has 10 heteroatoms. The number of azo groups is 1. The molecule has 0 saturated carbocycles. The lowest BCUT2D eigenvalue weighted by atomic mass is 10.1. The highest BCUT2D eigenvalue weighted by atomic mass is 35.5. The quantitative estimate of drug-likeness (QED) is 0.358. The molecular weight excluding hydrogens is 378 g/mol. The van der Waals surface area contributed by atoms with Gasteiger partial charge in [-0.15, -0.1) is 10.2 Å². The third kappa shape index (κ3) is 3.79. The van der Waals surface area contributed by atoms with Crippen molar-refractivity contribution in [2.45, 2.75) is 17.7 Å². The van der Waals surface area contributed by atoms with Gasteiger partial charge in [-0.1, -0.05) is 35.0 Å². The molecule has 0 aliphatic heterocycles. The molecule has 1 aliphatic rings. The van der Waals surface area contributed by atoms with Crippen LogP contribution in [0.5, 0.6) is 0 Å². The average Bonchev–Trinajstić information content (AvgIpc) is 2.60. The van der Waals surface area contributed by atoms with Gasteiger partial charge in [0.2, 0.25) is 0 Å². The zero-order chi connectivity index (χ0) is 18.7. The highest BCUT2D eigenvalue weighted by molar-refractivity contribution is 7.85. The maximum absolute atomic E-state index is 11.8. The maximum Gasteiger partial charge on any atom is 0.295 e. The fourth-order valence-electron chi connectivity index (χ4n) is 2.64. The van der Waals surface area contributed by atoms with E-state index in [1.807, 2.05) is 0 Å². The van der Waals surface area contributed by atoms with Gasteiger partial charge in [-0.3, -0.25) is 4.55 Å². The van der Waals surface area contributed by atoms with Gasteiger partial charge in [-0.25, -0.2) is 0 Å². The van der Waals surface area contributed by atoms with Crippen LogP contribution in [0.2, 0.25) is 5.02 Å². The van der Waals surface area contributed by atoms with Gasteiger partial charge in [0.25, 0.3) is 10.1 Å². The molecule has 134 valence electrons. The van der Waals surface area contributed by atoms with Gasteiger partial charge >= 0.3 is 0 Å². The number of nitrogens with two attached hydrogens (primary N) is 1. The molecule has 2 aromatic carbocycles. The molecule has 0 heterocycles. The van der Waals surface area contributed by atoms with Crippen molar-refractivity contribution < 1.29 is 13.0 Å². The van der Waals surface area contributed by atoms with Crippen molar-refractivity contribution >= 4 is 50.9 Å². The molecule has 0 amide bonds. The van der Waals surface area contributed by atoms with E-state index in [0.717, 1.165) is 0 Å². The van der Waals surface area contributed by atoms with Crippen molar-refractivity contribution in [2.24, 2.45) is 26.4 Å². The molecule has 0 aromatic heterocycles. The molecule has 0 fully saturated rings. The van der Waals surface area contributed by atoms with Crippen LogP contribution < -0.4 is 16.3 Å². The van der Waals surface area contributed by atoms with E-state index in [4.69, 9.17) is 17.4 Å². The largest absolute Gasteiger partial charge is 0.305 e. The smallest absolute Gasteiger partial charge is 0.295 e. The minimum atomic E-state index is -4.47. The van der Waals surface area contributed by atoms with E-state index in [2.05, 4.69) is 20.6 Å². The summed E-state index contributed by atoms with van der Waals surface area (Å²) in [5, 5.41) is 16.6. The standard InChI is InChI=1S/C16H14ClN5O3S/c17-10-4-3-5-11(8-10)19-20-14-9-15(26(23,24)25)12-6-1-2-7-13(12)16(14)21-22-18/h3-9H,1-2H2,(H2,18,21)(H,23,24,25). The Kier molecular flexibility index (Phi) is 5.12. The van der Waals surface area contributed by atoms with Gasteiger partial charge < -0.3 is 5.84 Å². The third-order valence-electron chi connectivity index (χ3n) is 3.70. The summed E-state index contributed by atoms with van der Waals surface area (Å²) in [5.74, 6) is 5.19. The van der Waals surface area contributed by atoms with Crippen LogP contribution >= 0.6 is 11.6 Å². The molecule has 8 nitrogen and oxygen atoms in total. The topological polar surface area (TPSA) is 130 Å². The number of hydrogen-bond donors (Lipinski definition) is 2. The van der Waals surface area contributed by atoms with E-state index in [-0.39, 0.29) is 16.3 Å². The monoisotopic (exact) mass is 391 g/mol. The van der Waals surface area contributed by atoms with Crippen LogP contribution in [0.4, 0.5) is 17.1 Å². The summed E-state index contributed by atoms with van der Waals surface area (Å²) < 4.78 is 33.2. The van der Waals surface area contributed by atoms with E-state index in [1.54, 1.807) is 36.4 Å². The lowest BCUT2D eigenvalue weighted by Crippen LogP contribution is -2.32. The first-order valence-corrected chi connectivity index (χ1v) is 9.35. The Bertz CT molecular complexity index is 1140. The Morgan fingerprint density at radius 3 is 2.42 bits per heavy atom. The minimum Gasteiger partial charge on any atom is -0.305 e. The van der Waals surface area contributed by atoms with Crippen LogP contribution in [0.15, 0.2) is 55.8 Å². The van der Waals surface area contributed by atoms with Crippen LogP contribution in [0.25, 0.3) is 12.2 Å². The molecule has 3 rings (SSSR count). The average molecular weight is 392 g/mol. The number of halogens is 1. The molecule has 0 spiro atoms. The Morgan fingerprint density at radius 1 is 1.04 bits per heavy atom. The van der Waals surface area contributed by atoms with Crippen LogP contribution in [-0.4, -0.2) is 13.0 Å². The van der Waals surface area contributed by atoms with Gasteiger partial charge in [0.15, 0.2) is 0 Å². The molecule has 0 saturated heterocycles. The van der Waals surface area contributed by atoms with Gasteiger partial charge in [0, 0.05) is 15.5 Å². The SMILES string of the molecule is NN=Nc1c(N=Nc2cccc(Cl)c2)cc(S(=O)(=O)O)c2c1=CCCC=2. The summed E-state index contributed by atoms with van der Waals surface area (Å²) in [7, 11) is -4.47. The summed E-state index contributed by atoms with van der Waals surface area (Å²) in [4.78, 5) is -0.264. The Morgan fingerprint density at radius 2 is 1.77 bits per heavy atom. The first-order valence-electron chi connectivity index (χ1n) is 7.53. The van der Waals surface area contributed by atoms with Crippen molar-refractivity contribution in [3.8, 4) is 0 Å². The first kappa shape index (κ1) is 18.2. The van der Waals surface area contributed by atoms with E-state index in [1.165, 1.54) is 6.07 Å². The van der Waals surface area contributed by atoms with Crippen LogP contribution in [0.3, 0.4) is 0 Å². The Hall–Kier alpha value is -2.62. The van der Waals surface area contributed by atoms with Crippen molar-refractivity contribution in [1.82, 2.24) is 0 Å². The van der Waals surface area contributed by atoms with Crippen molar-refractivity contribution in [1.29, 1.82) is 0 Å². The lowest BCUT2D eigenvalue weighted by Gasteiger charge is -2.09. The fourth-order valence-corrected chi connectivity index (χ4v) is 3.56. The number of rotatable bonds is 4. The lowest BCUT2D eigenvalue weighted by molar-refractivity contribution is 0.482. The Balaban J connectivity index is 2.28. The van der Waals surface area contributed by atoms with E-state index < -0.39 is 10.1 Å². The van der Waals surface area contributed by atoms with Gasteiger partial charge in [0.05, 0.1) is 5.69 Å². The predicted molar refractivity (Wildman–Crippen MR) is 98.0 cm³/mol. The summed E-state index contributed by atoms with van der Waals surface area (Å²) in [6, 6.07) is 7.87. The van der Waals surface area contributed by atoms with Gasteiger partial charge in [-0.05, 0) is 37.1 Å². The number of fused-ring (bicyclic) bond motifs is 1. The molecule has 3 N–H and O–H groups in total. The molecule has 2 aromatic rings. The third-order valence-corrected chi connectivity index (χ3v) is 4.83. The van der Waals surface area contributed by atoms with Crippen LogP contribution in [0, 0.1) is 0 Å². The predicted octanol–water partition coefficient (Wildman–Crippen LogP) is 3.31. The van der Waals surface area contributed by atoms with E-state index >= 15 is 0 Å². The summed E-state index contributed by atoms with van der Waals surface area (Å²) in [6.07, 6.45) is 4.83. The van der Waals surface area contributed by atoms with Gasteiger partial charge in [-0.2, -0.15) is 13.5 Å². The molecule has 0 unspecified atom stereocenters. The zero-order valence-electron chi connectivity index (χ0n) is 13.4.